The summed E-state index contributed by atoms with van der Waals surface area (Å²) < 4.78 is 0. The van der Waals surface area contributed by atoms with E-state index in [1.54, 1.807) is 0 Å². The van der Waals surface area contributed by atoms with E-state index in [1.807, 2.05) is 18.2 Å². The van der Waals surface area contributed by atoms with Gasteiger partial charge in [-0.25, -0.2) is 0 Å². The van der Waals surface area contributed by atoms with Gasteiger partial charge in [0.15, 0.2) is 11.6 Å². The summed E-state index contributed by atoms with van der Waals surface area (Å²) in [6.07, 6.45) is 6.72. The Morgan fingerprint density at radius 2 is 1.42 bits per heavy atom. The summed E-state index contributed by atoms with van der Waals surface area (Å²) in [4.78, 5) is 25.2. The molecule has 0 bridgehead atoms. The minimum absolute atomic E-state index is 0.00273. The quantitative estimate of drug-likeness (QED) is 0.919. The van der Waals surface area contributed by atoms with E-state index in [1.165, 1.54) is 5.56 Å². The Morgan fingerprint density at radius 3 is 2.00 bits per heavy atom. The molecule has 1 aromatic carbocycles. The van der Waals surface area contributed by atoms with Gasteiger partial charge in [0.25, 0.3) is 0 Å². The van der Waals surface area contributed by atoms with Gasteiger partial charge < -0.3 is 5.32 Å². The number of carbonyl (C=O) groups is 2. The molecule has 0 fully saturated rings. The van der Waals surface area contributed by atoms with Gasteiger partial charge >= 0.3 is 0 Å². The molecule has 0 radical (unpaired) electrons. The molecule has 4 rings (SSSR count). The summed E-state index contributed by atoms with van der Waals surface area (Å²) in [5.74, 6) is 0.482. The third-order valence-corrected chi connectivity index (χ3v) is 5.48. The van der Waals surface area contributed by atoms with Crippen molar-refractivity contribution >= 4 is 11.6 Å². The predicted molar refractivity (Wildman–Crippen MR) is 93.2 cm³/mol. The first-order valence-corrected chi connectivity index (χ1v) is 9.07. The zero-order valence-corrected chi connectivity index (χ0v) is 13.9. The molecule has 0 aromatic heterocycles. The largest absolute Gasteiger partial charge is 0.362 e. The summed E-state index contributed by atoms with van der Waals surface area (Å²) in [5, 5.41) is 3.46. The SMILES string of the molecule is O=C1CCCC2=C1C(CCc1ccccc1)C1=C(CCCC1=O)N2. The number of aryl methyl sites for hydroxylation is 1. The first-order chi connectivity index (χ1) is 11.7. The molecule has 3 heteroatoms. The molecule has 3 nitrogen and oxygen atoms in total. The highest BCUT2D eigenvalue weighted by Gasteiger charge is 2.38. The molecular formula is C21H23NO2. The van der Waals surface area contributed by atoms with Crippen molar-refractivity contribution < 1.29 is 9.59 Å². The van der Waals surface area contributed by atoms with E-state index in [0.717, 1.165) is 61.1 Å². The van der Waals surface area contributed by atoms with Crippen LogP contribution in [-0.2, 0) is 16.0 Å². The third-order valence-electron chi connectivity index (χ3n) is 5.48. The molecule has 124 valence electrons. The lowest BCUT2D eigenvalue weighted by Gasteiger charge is -2.37. The Bertz CT molecular complexity index is 700. The van der Waals surface area contributed by atoms with Crippen LogP contribution in [0.25, 0.3) is 0 Å². The lowest BCUT2D eigenvalue weighted by molar-refractivity contribution is -0.117. The molecule has 0 saturated heterocycles. The summed E-state index contributed by atoms with van der Waals surface area (Å²) in [6.45, 7) is 0. The van der Waals surface area contributed by atoms with Crippen molar-refractivity contribution in [3.8, 4) is 0 Å². The second-order valence-corrected chi connectivity index (χ2v) is 7.04. The van der Waals surface area contributed by atoms with Gasteiger partial charge in [0.05, 0.1) is 0 Å². The van der Waals surface area contributed by atoms with Gasteiger partial charge in [0, 0.05) is 41.3 Å². The van der Waals surface area contributed by atoms with Crippen LogP contribution < -0.4 is 5.32 Å². The van der Waals surface area contributed by atoms with Gasteiger partial charge in [-0.05, 0) is 44.1 Å². The van der Waals surface area contributed by atoms with Gasteiger partial charge in [-0.15, -0.1) is 0 Å². The van der Waals surface area contributed by atoms with E-state index in [0.29, 0.717) is 12.8 Å². The molecule has 1 aliphatic heterocycles. The van der Waals surface area contributed by atoms with Crippen LogP contribution in [0.5, 0.6) is 0 Å². The molecule has 24 heavy (non-hydrogen) atoms. The number of carbonyl (C=O) groups excluding carboxylic acids is 2. The molecule has 1 aromatic rings. The van der Waals surface area contributed by atoms with E-state index in [4.69, 9.17) is 0 Å². The normalized spacial score (nSPS) is 21.5. The van der Waals surface area contributed by atoms with E-state index >= 15 is 0 Å². The molecule has 0 atom stereocenters. The number of rotatable bonds is 3. The van der Waals surface area contributed by atoms with Crippen LogP contribution in [0, 0.1) is 5.92 Å². The average molecular weight is 321 g/mol. The fourth-order valence-electron chi connectivity index (χ4n) is 4.37. The Morgan fingerprint density at radius 1 is 0.833 bits per heavy atom. The van der Waals surface area contributed by atoms with Crippen molar-refractivity contribution in [1.82, 2.24) is 5.32 Å². The Labute approximate surface area is 142 Å². The molecule has 3 aliphatic rings. The van der Waals surface area contributed by atoms with Gasteiger partial charge in [-0.1, -0.05) is 30.3 Å². The first-order valence-electron chi connectivity index (χ1n) is 9.07. The van der Waals surface area contributed by atoms with E-state index in [9.17, 15) is 9.59 Å². The number of dihydropyridines is 1. The maximum absolute atomic E-state index is 12.6. The average Bonchev–Trinajstić information content (AvgIpc) is 2.60. The summed E-state index contributed by atoms with van der Waals surface area (Å²) >= 11 is 0. The highest BCUT2D eigenvalue weighted by molar-refractivity contribution is 6.04. The van der Waals surface area contributed by atoms with Gasteiger partial charge in [-0.3, -0.25) is 9.59 Å². The van der Waals surface area contributed by atoms with Crippen LogP contribution in [0.15, 0.2) is 52.9 Å². The number of allylic oxidation sites excluding steroid dienone is 4. The predicted octanol–water partition coefficient (Wildman–Crippen LogP) is 3.85. The fraction of sp³-hybridized carbons (Fsp3) is 0.429. The van der Waals surface area contributed by atoms with Crippen molar-refractivity contribution in [2.75, 3.05) is 0 Å². The van der Waals surface area contributed by atoms with Gasteiger partial charge in [-0.2, -0.15) is 0 Å². The molecule has 2 aliphatic carbocycles. The van der Waals surface area contributed by atoms with Crippen LogP contribution in [0.4, 0.5) is 0 Å². The topological polar surface area (TPSA) is 46.2 Å². The summed E-state index contributed by atoms with van der Waals surface area (Å²) in [5.41, 5.74) is 5.28. The van der Waals surface area contributed by atoms with Crippen molar-refractivity contribution in [1.29, 1.82) is 0 Å². The van der Waals surface area contributed by atoms with Crippen molar-refractivity contribution in [2.24, 2.45) is 5.92 Å². The van der Waals surface area contributed by atoms with Crippen LogP contribution in [0.2, 0.25) is 0 Å². The monoisotopic (exact) mass is 321 g/mol. The maximum Gasteiger partial charge on any atom is 0.161 e. The van der Waals surface area contributed by atoms with Crippen LogP contribution >= 0.6 is 0 Å². The molecule has 0 unspecified atom stereocenters. The van der Waals surface area contributed by atoms with E-state index in [2.05, 4.69) is 17.4 Å². The Kier molecular flexibility index (Phi) is 4.09. The molecule has 0 saturated carbocycles. The number of ketones is 2. The van der Waals surface area contributed by atoms with E-state index in [-0.39, 0.29) is 17.5 Å². The fourth-order valence-corrected chi connectivity index (χ4v) is 4.37. The second-order valence-electron chi connectivity index (χ2n) is 7.04. The Balaban J connectivity index is 1.68. The van der Waals surface area contributed by atoms with Crippen LogP contribution in [0.3, 0.4) is 0 Å². The maximum atomic E-state index is 12.6. The smallest absolute Gasteiger partial charge is 0.161 e. The molecule has 0 amide bonds. The number of benzene rings is 1. The number of Topliss-reactive ketones (excluding diaryl/α,β-unsaturated/α-hetero) is 2. The zero-order valence-electron chi connectivity index (χ0n) is 13.9. The second kappa shape index (κ2) is 6.39. The van der Waals surface area contributed by atoms with Gasteiger partial charge in [0.1, 0.15) is 0 Å². The highest BCUT2D eigenvalue weighted by atomic mass is 16.1. The highest BCUT2D eigenvalue weighted by Crippen LogP contribution is 2.41. The van der Waals surface area contributed by atoms with E-state index < -0.39 is 0 Å². The summed E-state index contributed by atoms with van der Waals surface area (Å²) in [6, 6.07) is 10.4. The minimum atomic E-state index is -0.00273. The molecule has 0 spiro atoms. The standard InChI is InChI=1S/C21H23NO2/c23-18-10-4-8-16-20(18)15(13-12-14-6-2-1-3-7-14)21-17(22-16)9-5-11-19(21)24/h1-3,6-7,15,22H,4-5,8-13H2. The van der Waals surface area contributed by atoms with Crippen molar-refractivity contribution in [3.05, 3.63) is 58.4 Å². The lowest BCUT2D eigenvalue weighted by atomic mass is 9.72. The molecule has 1 N–H and O–H groups in total. The zero-order chi connectivity index (χ0) is 16.5. The van der Waals surface area contributed by atoms with Crippen molar-refractivity contribution in [3.63, 3.8) is 0 Å². The first kappa shape index (κ1) is 15.4. The summed E-state index contributed by atoms with van der Waals surface area (Å²) in [7, 11) is 0. The molecule has 1 heterocycles. The van der Waals surface area contributed by atoms with Crippen LogP contribution in [-0.4, -0.2) is 11.6 Å². The Hall–Kier alpha value is -2.16. The van der Waals surface area contributed by atoms with Crippen LogP contribution in [0.1, 0.15) is 50.5 Å². The van der Waals surface area contributed by atoms with Crippen molar-refractivity contribution in [2.45, 2.75) is 51.4 Å². The van der Waals surface area contributed by atoms with Gasteiger partial charge in [0.2, 0.25) is 0 Å². The number of hydrogen-bond acceptors (Lipinski definition) is 3. The minimum Gasteiger partial charge on any atom is -0.362 e. The third kappa shape index (κ3) is 2.72. The number of hydrogen-bond donors (Lipinski definition) is 1. The number of nitrogens with one attached hydrogen (secondary N) is 1. The molecular weight excluding hydrogens is 298 g/mol. The lowest BCUT2D eigenvalue weighted by Crippen LogP contribution is -2.37.